The van der Waals surface area contributed by atoms with Gasteiger partial charge in [-0.2, -0.15) is 0 Å². The zero-order valence-corrected chi connectivity index (χ0v) is 32.9. The van der Waals surface area contributed by atoms with Crippen molar-refractivity contribution in [2.24, 2.45) is 5.92 Å². The lowest BCUT2D eigenvalue weighted by molar-refractivity contribution is -0.156. The molecule has 3 aliphatic rings. The SMILES string of the molecule is [C-]#[N+]c1cc(Cl)cc(C(C)(C)c2ccc(OCc3ccnc(N4CCN(C5CCN(CC6CCN(CC(=O)OC(C)(C)C)CC6)CC5)CC4)n3)cc2)c1. The van der Waals surface area contributed by atoms with Crippen LogP contribution in [0.3, 0.4) is 0 Å². The Morgan fingerprint density at radius 3 is 2.21 bits per heavy atom. The lowest BCUT2D eigenvalue weighted by atomic mass is 9.78. The van der Waals surface area contributed by atoms with Gasteiger partial charge < -0.3 is 19.3 Å². The molecule has 0 aliphatic carbocycles. The van der Waals surface area contributed by atoms with Crippen molar-refractivity contribution in [2.45, 2.75) is 84.0 Å². The van der Waals surface area contributed by atoms with E-state index in [1.807, 2.05) is 57.3 Å². The fourth-order valence-corrected chi connectivity index (χ4v) is 8.14. The minimum atomic E-state index is -0.423. The molecule has 11 heteroatoms. The lowest BCUT2D eigenvalue weighted by Crippen LogP contribution is -2.54. The predicted octanol–water partition coefficient (Wildman–Crippen LogP) is 7.23. The fraction of sp³-hybridized carbons (Fsp3) is 0.571. The van der Waals surface area contributed by atoms with Crippen molar-refractivity contribution < 1.29 is 14.3 Å². The minimum absolute atomic E-state index is 0.113. The Kier molecular flexibility index (Phi) is 12.6. The molecule has 3 aliphatic heterocycles. The average molecular weight is 742 g/mol. The lowest BCUT2D eigenvalue weighted by Gasteiger charge is -2.43. The number of hydrogen-bond donors (Lipinski definition) is 0. The molecule has 1 aromatic heterocycles. The molecule has 284 valence electrons. The second kappa shape index (κ2) is 17.2. The molecule has 0 spiro atoms. The van der Waals surface area contributed by atoms with Crippen LogP contribution in [0.2, 0.25) is 5.02 Å². The molecule has 0 atom stereocenters. The Bertz CT molecular complexity index is 1710. The van der Waals surface area contributed by atoms with E-state index in [-0.39, 0.29) is 11.4 Å². The average Bonchev–Trinajstić information content (AvgIpc) is 3.14. The number of carbonyl (C=O) groups excluding carboxylic acids is 1. The maximum absolute atomic E-state index is 12.2. The van der Waals surface area contributed by atoms with Crippen LogP contribution in [-0.2, 0) is 21.6 Å². The molecule has 0 bridgehead atoms. The zero-order chi connectivity index (χ0) is 37.6. The van der Waals surface area contributed by atoms with Crippen molar-refractivity contribution in [3.05, 3.63) is 88.0 Å². The van der Waals surface area contributed by atoms with Gasteiger partial charge in [-0.1, -0.05) is 43.6 Å². The number of rotatable bonds is 11. The van der Waals surface area contributed by atoms with Gasteiger partial charge in [0.25, 0.3) is 0 Å². The first-order valence-electron chi connectivity index (χ1n) is 19.2. The van der Waals surface area contributed by atoms with Crippen LogP contribution in [0.1, 0.15) is 77.1 Å². The highest BCUT2D eigenvalue weighted by Crippen LogP contribution is 2.36. The van der Waals surface area contributed by atoms with E-state index in [0.717, 1.165) is 80.6 Å². The fourth-order valence-electron chi connectivity index (χ4n) is 7.91. The third-order valence-corrected chi connectivity index (χ3v) is 11.3. The first kappa shape index (κ1) is 39.0. The van der Waals surface area contributed by atoms with Crippen LogP contribution >= 0.6 is 11.6 Å². The van der Waals surface area contributed by atoms with Gasteiger partial charge in [0.2, 0.25) is 5.95 Å². The van der Waals surface area contributed by atoms with E-state index in [1.165, 1.54) is 32.5 Å². The normalized spacial score (nSPS) is 18.8. The molecule has 2 aromatic carbocycles. The summed E-state index contributed by atoms with van der Waals surface area (Å²) in [6.45, 7) is 27.6. The zero-order valence-electron chi connectivity index (χ0n) is 32.2. The van der Waals surface area contributed by atoms with Gasteiger partial charge in [-0.15, -0.1) is 0 Å². The Morgan fingerprint density at radius 1 is 0.868 bits per heavy atom. The van der Waals surface area contributed by atoms with Crippen LogP contribution in [0, 0.1) is 12.5 Å². The Labute approximate surface area is 321 Å². The number of likely N-dealkylation sites (tertiary alicyclic amines) is 2. The monoisotopic (exact) mass is 741 g/mol. The van der Waals surface area contributed by atoms with Crippen LogP contribution in [0.5, 0.6) is 5.75 Å². The van der Waals surface area contributed by atoms with Crippen LogP contribution < -0.4 is 9.64 Å². The second-order valence-corrected chi connectivity index (χ2v) is 16.9. The summed E-state index contributed by atoms with van der Waals surface area (Å²) in [5.74, 6) is 2.15. The summed E-state index contributed by atoms with van der Waals surface area (Å²) in [4.78, 5) is 35.2. The third kappa shape index (κ3) is 10.7. The van der Waals surface area contributed by atoms with E-state index < -0.39 is 5.60 Å². The Morgan fingerprint density at radius 2 is 1.55 bits per heavy atom. The third-order valence-electron chi connectivity index (χ3n) is 11.1. The smallest absolute Gasteiger partial charge is 0.320 e. The number of ether oxygens (including phenoxy) is 2. The van der Waals surface area contributed by atoms with Crippen molar-refractivity contribution in [1.82, 2.24) is 24.7 Å². The number of aromatic nitrogens is 2. The summed E-state index contributed by atoms with van der Waals surface area (Å²) in [5.41, 5.74) is 2.77. The van der Waals surface area contributed by atoms with Crippen molar-refractivity contribution in [2.75, 3.05) is 70.3 Å². The maximum atomic E-state index is 12.2. The summed E-state index contributed by atoms with van der Waals surface area (Å²) >= 11 is 6.31. The van der Waals surface area contributed by atoms with Crippen LogP contribution in [0.25, 0.3) is 4.85 Å². The van der Waals surface area contributed by atoms with E-state index in [0.29, 0.717) is 35.8 Å². The Balaban J connectivity index is 0.910. The maximum Gasteiger partial charge on any atom is 0.320 e. The number of anilines is 1. The number of hydrogen-bond acceptors (Lipinski definition) is 9. The van der Waals surface area contributed by atoms with Crippen LogP contribution in [0.4, 0.5) is 11.6 Å². The molecule has 3 saturated heterocycles. The quantitative estimate of drug-likeness (QED) is 0.150. The van der Waals surface area contributed by atoms with Gasteiger partial charge in [0.05, 0.1) is 18.8 Å². The summed E-state index contributed by atoms with van der Waals surface area (Å²) in [6.07, 6.45) is 6.60. The summed E-state index contributed by atoms with van der Waals surface area (Å²) in [7, 11) is 0. The van der Waals surface area contributed by atoms with Crippen molar-refractivity contribution in [3.63, 3.8) is 0 Å². The molecule has 0 unspecified atom stereocenters. The molecule has 53 heavy (non-hydrogen) atoms. The first-order valence-corrected chi connectivity index (χ1v) is 19.6. The first-order chi connectivity index (χ1) is 25.3. The summed E-state index contributed by atoms with van der Waals surface area (Å²) in [5, 5.41) is 0.572. The van der Waals surface area contributed by atoms with E-state index in [1.54, 1.807) is 6.07 Å². The number of carbonyl (C=O) groups is 1. The van der Waals surface area contributed by atoms with Crippen molar-refractivity contribution >= 4 is 29.2 Å². The van der Waals surface area contributed by atoms with E-state index in [4.69, 9.17) is 32.6 Å². The molecule has 10 nitrogen and oxygen atoms in total. The van der Waals surface area contributed by atoms with Gasteiger partial charge in [-0.25, -0.2) is 14.8 Å². The van der Waals surface area contributed by atoms with Gasteiger partial charge >= 0.3 is 5.97 Å². The summed E-state index contributed by atoms with van der Waals surface area (Å²) in [6, 6.07) is 16.2. The Hall–Kier alpha value is -3.75. The molecule has 0 saturated carbocycles. The molecule has 0 radical (unpaired) electrons. The topological polar surface area (TPSA) is 78.6 Å². The van der Waals surface area contributed by atoms with Crippen LogP contribution in [0.15, 0.2) is 54.7 Å². The summed E-state index contributed by atoms with van der Waals surface area (Å²) < 4.78 is 11.7. The van der Waals surface area contributed by atoms with E-state index in [2.05, 4.69) is 55.4 Å². The van der Waals surface area contributed by atoms with E-state index >= 15 is 0 Å². The molecular formula is C42H56ClN7O3. The van der Waals surface area contributed by atoms with E-state index in [9.17, 15) is 4.79 Å². The van der Waals surface area contributed by atoms with Crippen molar-refractivity contribution in [1.29, 1.82) is 0 Å². The molecule has 3 aromatic rings. The van der Waals surface area contributed by atoms with Gasteiger partial charge in [0.15, 0.2) is 5.69 Å². The highest BCUT2D eigenvalue weighted by Gasteiger charge is 2.31. The highest BCUT2D eigenvalue weighted by molar-refractivity contribution is 6.31. The molecule has 0 amide bonds. The molecule has 4 heterocycles. The number of halogens is 1. The van der Waals surface area contributed by atoms with Gasteiger partial charge in [-0.3, -0.25) is 14.6 Å². The molecule has 3 fully saturated rings. The number of piperazine rings is 1. The largest absolute Gasteiger partial charge is 0.487 e. The van der Waals surface area contributed by atoms with Crippen LogP contribution in [-0.4, -0.2) is 108 Å². The van der Waals surface area contributed by atoms with Crippen molar-refractivity contribution in [3.8, 4) is 5.75 Å². The number of piperidine rings is 2. The number of esters is 1. The molecule has 0 N–H and O–H groups in total. The number of benzene rings is 2. The van der Waals surface area contributed by atoms with Gasteiger partial charge in [0, 0.05) is 55.4 Å². The highest BCUT2D eigenvalue weighted by atomic mass is 35.5. The van der Waals surface area contributed by atoms with Gasteiger partial charge in [0.1, 0.15) is 18.0 Å². The molecule has 6 rings (SSSR count). The minimum Gasteiger partial charge on any atom is -0.487 e. The number of nitrogens with zero attached hydrogens (tertiary/aromatic N) is 7. The molecular weight excluding hydrogens is 686 g/mol. The predicted molar refractivity (Wildman–Crippen MR) is 211 cm³/mol. The second-order valence-electron chi connectivity index (χ2n) is 16.5. The standard InChI is InChI=1S/C42H56ClN7O3/c1-41(2,3)53-39(51)29-48-17-12-31(13-18-48)28-47-19-14-37(15-20-47)49-21-23-50(24-22-49)40-45-16-11-35(46-40)30-52-38-9-7-32(8-10-38)42(4,5)33-25-34(43)27-36(26-33)44-6/h7-11,16,25-27,31,37H,12-15,17-24,28-30H2,1-5H3. The van der Waals surface area contributed by atoms with Gasteiger partial charge in [-0.05, 0) is 120 Å².